The lowest BCUT2D eigenvalue weighted by Gasteiger charge is -2.28. The molecular formula is C14H24N2O5S. The van der Waals surface area contributed by atoms with Gasteiger partial charge in [-0.25, -0.2) is 4.79 Å². The van der Waals surface area contributed by atoms with Crippen molar-refractivity contribution < 1.29 is 24.2 Å². The number of esters is 1. The fourth-order valence-corrected chi connectivity index (χ4v) is 4.16. The van der Waals surface area contributed by atoms with Gasteiger partial charge in [-0.2, -0.15) is 11.8 Å². The monoisotopic (exact) mass is 332 g/mol. The van der Waals surface area contributed by atoms with Crippen molar-refractivity contribution in [1.82, 2.24) is 0 Å². The van der Waals surface area contributed by atoms with E-state index in [1.807, 2.05) is 0 Å². The van der Waals surface area contributed by atoms with Gasteiger partial charge in [0.25, 0.3) is 0 Å². The maximum Gasteiger partial charge on any atom is 0.334 e. The molecule has 0 heterocycles. The Morgan fingerprint density at radius 3 is 2.50 bits per heavy atom. The van der Waals surface area contributed by atoms with Crippen LogP contribution in [0.3, 0.4) is 0 Å². The number of aliphatic carboxylic acids is 1. The summed E-state index contributed by atoms with van der Waals surface area (Å²) in [6.45, 7) is 2.12. The molecule has 0 aromatic rings. The lowest BCUT2D eigenvalue weighted by molar-refractivity contribution is -0.151. The molecule has 0 amide bonds. The maximum absolute atomic E-state index is 12.4. The van der Waals surface area contributed by atoms with E-state index in [1.54, 1.807) is 0 Å². The number of carbonyl (C=O) groups is 3. The summed E-state index contributed by atoms with van der Waals surface area (Å²) in [5.41, 5.74) is 9.65. The zero-order chi connectivity index (χ0) is 16.9. The van der Waals surface area contributed by atoms with Crippen LogP contribution in [0.2, 0.25) is 0 Å². The predicted octanol–water partition coefficient (Wildman–Crippen LogP) is 0.150. The van der Waals surface area contributed by atoms with Gasteiger partial charge >= 0.3 is 11.9 Å². The first kappa shape index (κ1) is 18.9. The average molecular weight is 332 g/mol. The first-order valence-electron chi connectivity index (χ1n) is 7.23. The molecule has 1 fully saturated rings. The fraction of sp³-hybridized carbons (Fsp3) is 0.786. The van der Waals surface area contributed by atoms with Crippen molar-refractivity contribution in [3.63, 3.8) is 0 Å². The highest BCUT2D eigenvalue weighted by molar-refractivity contribution is 8.00. The first-order chi connectivity index (χ1) is 10.2. The second kappa shape index (κ2) is 7.94. The maximum atomic E-state index is 12.4. The Balaban J connectivity index is 2.82. The van der Waals surface area contributed by atoms with Crippen LogP contribution in [-0.4, -0.2) is 52.5 Å². The van der Waals surface area contributed by atoms with Crippen LogP contribution in [-0.2, 0) is 19.1 Å². The summed E-state index contributed by atoms with van der Waals surface area (Å²) in [6, 6.07) is -1.33. The standard InChI is InChI=1S/C14H24N2O5S/c1-8-4-3-5-10(8)22-7-14(16,13(20)21-2)12(19)9(15)6-11(17)18/h8-10H,3-7,15-16H2,1-2H3,(H,17,18)/t8?,9-,10?,14+/m0/s1. The number of rotatable bonds is 8. The highest BCUT2D eigenvalue weighted by atomic mass is 32.2. The Hall–Kier alpha value is -1.12. The molecule has 7 nitrogen and oxygen atoms in total. The number of methoxy groups -OCH3 is 1. The van der Waals surface area contributed by atoms with Gasteiger partial charge in [-0.1, -0.05) is 13.3 Å². The quantitative estimate of drug-likeness (QED) is 0.422. The van der Waals surface area contributed by atoms with Crippen molar-refractivity contribution in [1.29, 1.82) is 0 Å². The lowest BCUT2D eigenvalue weighted by atomic mass is 9.91. The van der Waals surface area contributed by atoms with E-state index in [2.05, 4.69) is 11.7 Å². The summed E-state index contributed by atoms with van der Waals surface area (Å²) < 4.78 is 4.63. The molecule has 0 radical (unpaired) electrons. The minimum Gasteiger partial charge on any atom is -0.481 e. The number of thioether (sulfide) groups is 1. The molecule has 2 unspecified atom stereocenters. The second-order valence-corrected chi connectivity index (χ2v) is 7.02. The Morgan fingerprint density at radius 2 is 2.05 bits per heavy atom. The number of carbonyl (C=O) groups excluding carboxylic acids is 2. The van der Waals surface area contributed by atoms with E-state index in [4.69, 9.17) is 16.6 Å². The van der Waals surface area contributed by atoms with Crippen LogP contribution in [0.25, 0.3) is 0 Å². The van der Waals surface area contributed by atoms with Crippen molar-refractivity contribution in [2.75, 3.05) is 12.9 Å². The first-order valence-corrected chi connectivity index (χ1v) is 8.27. The third kappa shape index (κ3) is 4.44. The van der Waals surface area contributed by atoms with E-state index < -0.39 is 35.7 Å². The van der Waals surface area contributed by atoms with Gasteiger partial charge in [0.15, 0.2) is 11.3 Å². The van der Waals surface area contributed by atoms with Crippen molar-refractivity contribution in [3.05, 3.63) is 0 Å². The highest BCUT2D eigenvalue weighted by Crippen LogP contribution is 2.36. The summed E-state index contributed by atoms with van der Waals surface area (Å²) in [7, 11) is 1.14. The molecule has 0 aromatic carbocycles. The van der Waals surface area contributed by atoms with Crippen LogP contribution >= 0.6 is 11.8 Å². The van der Waals surface area contributed by atoms with Crippen LogP contribution < -0.4 is 11.5 Å². The number of carboxylic acids is 1. The Bertz CT molecular complexity index is 445. The molecule has 0 aromatic heterocycles. The number of nitrogens with two attached hydrogens (primary N) is 2. The molecule has 1 aliphatic carbocycles. The number of hydrogen-bond donors (Lipinski definition) is 3. The zero-order valence-corrected chi connectivity index (χ0v) is 13.7. The van der Waals surface area contributed by atoms with Crippen LogP contribution in [0.5, 0.6) is 0 Å². The molecule has 5 N–H and O–H groups in total. The molecule has 1 aliphatic rings. The third-order valence-corrected chi connectivity index (χ3v) is 5.78. The van der Waals surface area contributed by atoms with E-state index >= 15 is 0 Å². The SMILES string of the molecule is COC(=O)[C@@](N)(CSC1CCCC1C)C(=O)[C@@H](N)CC(=O)O. The van der Waals surface area contributed by atoms with E-state index in [-0.39, 0.29) is 5.75 Å². The minimum atomic E-state index is -1.91. The van der Waals surface area contributed by atoms with Gasteiger partial charge in [-0.3, -0.25) is 9.59 Å². The van der Waals surface area contributed by atoms with E-state index in [0.29, 0.717) is 11.2 Å². The summed E-state index contributed by atoms with van der Waals surface area (Å²) in [4.78, 5) is 35.0. The van der Waals surface area contributed by atoms with Crippen LogP contribution in [0.1, 0.15) is 32.6 Å². The Labute approximate surface area is 134 Å². The molecule has 0 spiro atoms. The molecule has 0 aliphatic heterocycles. The molecule has 126 valence electrons. The summed E-state index contributed by atoms with van der Waals surface area (Å²) in [5, 5.41) is 9.07. The summed E-state index contributed by atoms with van der Waals surface area (Å²) in [5.74, 6) is -2.35. The number of carboxylic acid groups (broad SMARTS) is 1. The fourth-order valence-electron chi connectivity index (χ4n) is 2.62. The number of hydrogen-bond acceptors (Lipinski definition) is 7. The van der Waals surface area contributed by atoms with Crippen molar-refractivity contribution in [2.24, 2.45) is 17.4 Å². The highest BCUT2D eigenvalue weighted by Gasteiger charge is 2.46. The summed E-state index contributed by atoms with van der Waals surface area (Å²) in [6.07, 6.45) is 2.67. The van der Waals surface area contributed by atoms with Gasteiger partial charge in [0.05, 0.1) is 19.6 Å². The molecule has 8 heteroatoms. The van der Waals surface area contributed by atoms with E-state index in [0.717, 1.165) is 26.4 Å². The van der Waals surface area contributed by atoms with Gasteiger partial charge < -0.3 is 21.3 Å². The van der Waals surface area contributed by atoms with Crippen molar-refractivity contribution >= 4 is 29.5 Å². The Morgan fingerprint density at radius 1 is 1.41 bits per heavy atom. The van der Waals surface area contributed by atoms with Gasteiger partial charge in [0, 0.05) is 11.0 Å². The zero-order valence-electron chi connectivity index (χ0n) is 12.9. The van der Waals surface area contributed by atoms with E-state index in [1.165, 1.54) is 11.8 Å². The van der Waals surface area contributed by atoms with Gasteiger partial charge in [-0.15, -0.1) is 0 Å². The van der Waals surface area contributed by atoms with Crippen LogP contribution in [0.15, 0.2) is 0 Å². The molecule has 0 bridgehead atoms. The molecule has 0 saturated heterocycles. The number of ketones is 1. The predicted molar refractivity (Wildman–Crippen MR) is 83.4 cm³/mol. The third-order valence-electron chi connectivity index (χ3n) is 4.03. The molecule has 1 saturated carbocycles. The molecular weight excluding hydrogens is 308 g/mol. The van der Waals surface area contributed by atoms with Crippen LogP contribution in [0, 0.1) is 5.92 Å². The topological polar surface area (TPSA) is 133 Å². The summed E-state index contributed by atoms with van der Waals surface area (Å²) >= 11 is 1.46. The largest absolute Gasteiger partial charge is 0.481 e. The average Bonchev–Trinajstić information content (AvgIpc) is 2.87. The van der Waals surface area contributed by atoms with E-state index in [9.17, 15) is 14.4 Å². The number of Topliss-reactive ketones (excluding diaryl/α,β-unsaturated/α-hetero) is 1. The molecule has 4 atom stereocenters. The smallest absolute Gasteiger partial charge is 0.334 e. The Kier molecular flexibility index (Phi) is 6.83. The lowest BCUT2D eigenvalue weighted by Crippen LogP contribution is -2.62. The number of ether oxygens (including phenoxy) is 1. The normalized spacial score (nSPS) is 25.3. The van der Waals surface area contributed by atoms with Crippen LogP contribution in [0.4, 0.5) is 0 Å². The van der Waals surface area contributed by atoms with Crippen molar-refractivity contribution in [3.8, 4) is 0 Å². The van der Waals surface area contributed by atoms with Gasteiger partial charge in [0.2, 0.25) is 0 Å². The van der Waals surface area contributed by atoms with Crippen molar-refractivity contribution in [2.45, 2.75) is 49.4 Å². The second-order valence-electron chi connectivity index (χ2n) is 5.79. The van der Waals surface area contributed by atoms with Gasteiger partial charge in [-0.05, 0) is 18.8 Å². The molecule has 22 heavy (non-hydrogen) atoms. The van der Waals surface area contributed by atoms with Gasteiger partial charge in [0.1, 0.15) is 0 Å². The minimum absolute atomic E-state index is 0.0425. The molecule has 1 rings (SSSR count).